The molecule has 0 aliphatic rings. The third-order valence-electron chi connectivity index (χ3n) is 9.03. The zero-order valence-corrected chi connectivity index (χ0v) is 25.5. The molecule has 3 aromatic heterocycles. The van der Waals surface area contributed by atoms with Gasteiger partial charge in [-0.15, -0.1) is 0 Å². The van der Waals surface area contributed by atoms with Gasteiger partial charge in [-0.3, -0.25) is 0 Å². The van der Waals surface area contributed by atoms with Crippen molar-refractivity contribution < 1.29 is 0 Å². The van der Waals surface area contributed by atoms with Gasteiger partial charge in [0.2, 0.25) is 0 Å². The molecule has 0 saturated carbocycles. The topological polar surface area (TPSA) is 83.2 Å². The normalized spacial score (nSPS) is 11.3. The maximum atomic E-state index is 10.0. The molecule has 222 valence electrons. The number of benzene rings is 6. The van der Waals surface area contributed by atoms with Crippen LogP contribution in [0.15, 0.2) is 146 Å². The molecule has 0 atom stereocenters. The second kappa shape index (κ2) is 10.8. The Morgan fingerprint density at radius 2 is 0.771 bits per heavy atom. The fourth-order valence-electron chi connectivity index (χ4n) is 6.94. The molecule has 6 aromatic carbocycles. The van der Waals surface area contributed by atoms with E-state index in [1.807, 2.05) is 48.5 Å². The Morgan fingerprint density at radius 3 is 1.19 bits per heavy atom. The van der Waals surface area contributed by atoms with Crippen molar-refractivity contribution in [3.05, 3.63) is 157 Å². The van der Waals surface area contributed by atoms with Gasteiger partial charge in [0, 0.05) is 44.0 Å². The molecule has 9 aromatic rings. The van der Waals surface area contributed by atoms with E-state index in [9.17, 15) is 10.5 Å². The van der Waals surface area contributed by atoms with E-state index in [1.54, 1.807) is 0 Å². The van der Waals surface area contributed by atoms with Crippen molar-refractivity contribution in [2.45, 2.75) is 0 Å². The molecule has 0 spiro atoms. The number of aromatic nitrogens is 4. The molecular formula is C42H24N6. The van der Waals surface area contributed by atoms with Crippen LogP contribution in [0.25, 0.3) is 77.5 Å². The van der Waals surface area contributed by atoms with Crippen LogP contribution >= 0.6 is 0 Å². The first kappa shape index (κ1) is 27.3. The Labute approximate surface area is 275 Å². The predicted molar refractivity (Wildman–Crippen MR) is 191 cm³/mol. The minimum Gasteiger partial charge on any atom is -0.309 e. The number of fused-ring (bicyclic) bond motifs is 6. The zero-order chi connectivity index (χ0) is 32.2. The van der Waals surface area contributed by atoms with E-state index >= 15 is 0 Å². The van der Waals surface area contributed by atoms with E-state index < -0.39 is 0 Å². The number of para-hydroxylation sites is 4. The van der Waals surface area contributed by atoms with E-state index in [4.69, 9.17) is 9.97 Å². The molecule has 6 heteroatoms. The van der Waals surface area contributed by atoms with Crippen molar-refractivity contribution in [3.8, 4) is 46.0 Å². The summed E-state index contributed by atoms with van der Waals surface area (Å²) in [5.74, 6) is 0. The lowest BCUT2D eigenvalue weighted by atomic mass is 10.0. The summed E-state index contributed by atoms with van der Waals surface area (Å²) in [6.45, 7) is 0. The lowest BCUT2D eigenvalue weighted by molar-refractivity contribution is 1.14. The summed E-state index contributed by atoms with van der Waals surface area (Å²) < 4.78 is 4.50. The average molecular weight is 613 g/mol. The highest BCUT2D eigenvalue weighted by Crippen LogP contribution is 2.39. The molecule has 0 bridgehead atoms. The van der Waals surface area contributed by atoms with Crippen molar-refractivity contribution in [1.82, 2.24) is 19.1 Å². The molecule has 0 amide bonds. The minimum absolute atomic E-state index is 0.000530. The van der Waals surface area contributed by atoms with Gasteiger partial charge in [-0.05, 0) is 48.5 Å². The number of rotatable bonds is 4. The van der Waals surface area contributed by atoms with Crippen LogP contribution in [0.5, 0.6) is 0 Å². The van der Waals surface area contributed by atoms with Gasteiger partial charge in [0.1, 0.15) is 12.1 Å². The van der Waals surface area contributed by atoms with Crippen LogP contribution in [-0.2, 0) is 0 Å². The van der Waals surface area contributed by atoms with Crippen LogP contribution in [0.4, 0.5) is 0 Å². The van der Waals surface area contributed by atoms with Crippen molar-refractivity contribution in [2.24, 2.45) is 0 Å². The molecule has 0 radical (unpaired) electrons. The zero-order valence-electron chi connectivity index (χ0n) is 25.5. The van der Waals surface area contributed by atoms with E-state index in [1.165, 1.54) is 0 Å². The smallest absolute Gasteiger partial charge is 0.177 e. The second-order valence-corrected chi connectivity index (χ2v) is 11.7. The summed E-state index contributed by atoms with van der Waals surface area (Å²) in [4.78, 5) is 9.63. The first-order valence-corrected chi connectivity index (χ1v) is 15.6. The van der Waals surface area contributed by atoms with Crippen LogP contribution in [0.2, 0.25) is 0 Å². The lowest BCUT2D eigenvalue weighted by Gasteiger charge is -2.13. The summed E-state index contributed by atoms with van der Waals surface area (Å²) in [6.07, 6.45) is 0. The minimum atomic E-state index is -0.000530. The van der Waals surface area contributed by atoms with Crippen molar-refractivity contribution in [3.63, 3.8) is 0 Å². The maximum Gasteiger partial charge on any atom is 0.177 e. The van der Waals surface area contributed by atoms with Crippen molar-refractivity contribution in [1.29, 1.82) is 10.5 Å². The van der Waals surface area contributed by atoms with Crippen LogP contribution in [0, 0.1) is 22.7 Å². The summed E-state index contributed by atoms with van der Waals surface area (Å²) >= 11 is 0. The van der Waals surface area contributed by atoms with Crippen molar-refractivity contribution in [2.75, 3.05) is 0 Å². The highest BCUT2D eigenvalue weighted by Gasteiger charge is 2.21. The van der Waals surface area contributed by atoms with E-state index in [0.29, 0.717) is 11.4 Å². The van der Waals surface area contributed by atoms with E-state index in [0.717, 1.165) is 66.1 Å². The molecule has 0 saturated heterocycles. The molecule has 0 aliphatic carbocycles. The first-order valence-electron chi connectivity index (χ1n) is 15.6. The molecule has 48 heavy (non-hydrogen) atoms. The van der Waals surface area contributed by atoms with Gasteiger partial charge in [0.15, 0.2) is 11.4 Å². The Kier molecular flexibility index (Phi) is 6.15. The summed E-state index contributed by atoms with van der Waals surface area (Å²) in [5.41, 5.74) is 8.98. The quantitative estimate of drug-likeness (QED) is 0.198. The van der Waals surface area contributed by atoms with Crippen LogP contribution in [0.3, 0.4) is 0 Å². The average Bonchev–Trinajstić information content (AvgIpc) is 3.67. The van der Waals surface area contributed by atoms with Gasteiger partial charge in [0.25, 0.3) is 0 Å². The Hall–Kier alpha value is -7.02. The number of nitriles is 2. The van der Waals surface area contributed by atoms with E-state index in [2.05, 4.69) is 118 Å². The summed E-state index contributed by atoms with van der Waals surface area (Å²) in [6, 6.07) is 54.0. The largest absolute Gasteiger partial charge is 0.309 e. The van der Waals surface area contributed by atoms with Crippen LogP contribution in [0.1, 0.15) is 11.4 Å². The SMILES string of the molecule is N#Cc1nc(-c2ccc3c4ccccc4n(-c4ccccc4)c3c2)c(-c2ccc3c4ccccc4n(-c4ccccc4)c3c2)nc1C#N. The number of hydrogen-bond donors (Lipinski definition) is 0. The van der Waals surface area contributed by atoms with Gasteiger partial charge in [-0.2, -0.15) is 10.5 Å². The molecule has 6 nitrogen and oxygen atoms in total. The summed E-state index contributed by atoms with van der Waals surface area (Å²) in [5, 5.41) is 24.5. The molecule has 0 N–H and O–H groups in total. The number of hydrogen-bond acceptors (Lipinski definition) is 4. The third-order valence-corrected chi connectivity index (χ3v) is 9.03. The van der Waals surface area contributed by atoms with Gasteiger partial charge >= 0.3 is 0 Å². The van der Waals surface area contributed by atoms with Gasteiger partial charge < -0.3 is 9.13 Å². The highest BCUT2D eigenvalue weighted by molar-refractivity contribution is 6.11. The fourth-order valence-corrected chi connectivity index (χ4v) is 6.94. The molecule has 9 rings (SSSR count). The van der Waals surface area contributed by atoms with Crippen LogP contribution < -0.4 is 0 Å². The summed E-state index contributed by atoms with van der Waals surface area (Å²) in [7, 11) is 0. The third kappa shape index (κ3) is 4.11. The lowest BCUT2D eigenvalue weighted by Crippen LogP contribution is -2.02. The predicted octanol–water partition coefficient (Wildman–Crippen LogP) is 9.75. The van der Waals surface area contributed by atoms with Crippen molar-refractivity contribution >= 4 is 43.6 Å². The van der Waals surface area contributed by atoms with Gasteiger partial charge in [-0.25, -0.2) is 9.97 Å². The second-order valence-electron chi connectivity index (χ2n) is 11.7. The standard InChI is InChI=1S/C42H24N6/c43-25-35-36(26-44)46-42(28-20-22-34-32-16-8-10-18-38(32)48(40(34)24-28)30-13-5-2-6-14-30)41(45-35)27-19-21-33-31-15-7-9-17-37(31)47(39(33)23-27)29-11-3-1-4-12-29/h1-24H. The molecular weight excluding hydrogens is 589 g/mol. The van der Waals surface area contributed by atoms with Crippen LogP contribution in [-0.4, -0.2) is 19.1 Å². The van der Waals surface area contributed by atoms with Gasteiger partial charge in [-0.1, -0.05) is 97.1 Å². The molecule has 0 fully saturated rings. The Morgan fingerprint density at radius 1 is 0.396 bits per heavy atom. The fraction of sp³-hybridized carbons (Fsp3) is 0. The Bertz CT molecular complexity index is 2600. The number of nitrogens with zero attached hydrogens (tertiary/aromatic N) is 6. The first-order chi connectivity index (χ1) is 23.7. The maximum absolute atomic E-state index is 10.0. The highest BCUT2D eigenvalue weighted by atomic mass is 15.0. The molecule has 3 heterocycles. The van der Waals surface area contributed by atoms with Gasteiger partial charge in [0.05, 0.1) is 33.5 Å². The molecule has 0 aliphatic heterocycles. The van der Waals surface area contributed by atoms with E-state index in [-0.39, 0.29) is 11.4 Å². The molecule has 0 unspecified atom stereocenters. The Balaban J connectivity index is 1.33. The monoisotopic (exact) mass is 612 g/mol.